The van der Waals surface area contributed by atoms with Crippen molar-refractivity contribution in [2.45, 2.75) is 26.4 Å². The third-order valence-corrected chi connectivity index (χ3v) is 4.64. The first kappa shape index (κ1) is 15.4. The number of likely N-dealkylation sites (tertiary alicyclic amines) is 1. The summed E-state index contributed by atoms with van der Waals surface area (Å²) in [6.45, 7) is 8.26. The Hall–Kier alpha value is -1.46. The van der Waals surface area contributed by atoms with Gasteiger partial charge in [0, 0.05) is 38.1 Å². The van der Waals surface area contributed by atoms with Crippen LogP contribution in [0.1, 0.15) is 19.4 Å². The molecular formula is C17H25N3O2. The number of amides is 1. The number of rotatable bonds is 4. The molecule has 0 unspecified atom stereocenters. The van der Waals surface area contributed by atoms with Crippen LogP contribution in [0, 0.1) is 17.8 Å². The molecule has 1 aromatic rings. The molecule has 1 amide bonds. The Morgan fingerprint density at radius 1 is 1.36 bits per heavy atom. The van der Waals surface area contributed by atoms with E-state index in [0.29, 0.717) is 18.4 Å². The van der Waals surface area contributed by atoms with E-state index in [-0.39, 0.29) is 17.9 Å². The fraction of sp³-hybridized carbons (Fsp3) is 0.647. The van der Waals surface area contributed by atoms with Crippen LogP contribution in [-0.4, -0.2) is 48.1 Å². The number of carbonyl (C=O) groups excluding carboxylic acids is 1. The number of hydrogen-bond donors (Lipinski definition) is 1. The summed E-state index contributed by atoms with van der Waals surface area (Å²) in [6.07, 6.45) is 3.67. The molecule has 1 aromatic heterocycles. The topological polar surface area (TPSA) is 54.5 Å². The molecule has 2 saturated heterocycles. The van der Waals surface area contributed by atoms with Crippen molar-refractivity contribution in [3.05, 3.63) is 30.1 Å². The molecule has 3 rings (SSSR count). The molecule has 120 valence electrons. The van der Waals surface area contributed by atoms with E-state index in [1.165, 1.54) is 5.56 Å². The van der Waals surface area contributed by atoms with Gasteiger partial charge in [-0.1, -0.05) is 0 Å². The molecule has 0 saturated carbocycles. The zero-order valence-electron chi connectivity index (χ0n) is 13.4. The van der Waals surface area contributed by atoms with Gasteiger partial charge in [-0.25, -0.2) is 0 Å². The molecule has 0 spiro atoms. The van der Waals surface area contributed by atoms with Crippen LogP contribution in [0.15, 0.2) is 24.5 Å². The summed E-state index contributed by atoms with van der Waals surface area (Å²) in [4.78, 5) is 18.9. The average Bonchev–Trinajstić information content (AvgIpc) is 2.89. The Kier molecular flexibility index (Phi) is 4.74. The molecule has 0 aromatic carbocycles. The molecular weight excluding hydrogens is 278 g/mol. The summed E-state index contributed by atoms with van der Waals surface area (Å²) in [5.41, 5.74) is 1.28. The standard InChI is InChI=1S/C17H25N3O2/c1-12(2)19-17(21)16-11-22-10-14-8-20(9-15(14)16)7-13-3-5-18-6-4-13/h3-6,12,14-16H,7-11H2,1-2H3,(H,19,21)/t14-,15-,16+/m0/s1. The second-order valence-corrected chi connectivity index (χ2v) is 6.78. The van der Waals surface area contributed by atoms with E-state index in [9.17, 15) is 4.79 Å². The molecule has 1 N–H and O–H groups in total. The van der Waals surface area contributed by atoms with Gasteiger partial charge in [-0.15, -0.1) is 0 Å². The maximum atomic E-state index is 12.4. The first-order valence-electron chi connectivity index (χ1n) is 8.13. The van der Waals surface area contributed by atoms with Gasteiger partial charge in [-0.05, 0) is 43.4 Å². The van der Waals surface area contributed by atoms with Crippen LogP contribution in [0.4, 0.5) is 0 Å². The van der Waals surface area contributed by atoms with Crippen LogP contribution in [-0.2, 0) is 16.1 Å². The minimum atomic E-state index is -0.0106. The van der Waals surface area contributed by atoms with Crippen molar-refractivity contribution >= 4 is 5.91 Å². The monoisotopic (exact) mass is 303 g/mol. The maximum Gasteiger partial charge on any atom is 0.225 e. The second kappa shape index (κ2) is 6.75. The highest BCUT2D eigenvalue weighted by Crippen LogP contribution is 2.34. The Morgan fingerprint density at radius 2 is 2.14 bits per heavy atom. The lowest BCUT2D eigenvalue weighted by Gasteiger charge is -2.32. The average molecular weight is 303 g/mol. The van der Waals surface area contributed by atoms with Gasteiger partial charge in [-0.2, -0.15) is 0 Å². The zero-order chi connectivity index (χ0) is 15.5. The minimum absolute atomic E-state index is 0.0106. The van der Waals surface area contributed by atoms with Crippen LogP contribution in [0.25, 0.3) is 0 Å². The van der Waals surface area contributed by atoms with Crippen LogP contribution in [0.5, 0.6) is 0 Å². The highest BCUT2D eigenvalue weighted by molar-refractivity contribution is 5.79. The Labute approximate surface area is 132 Å². The number of pyridine rings is 1. The van der Waals surface area contributed by atoms with E-state index in [2.05, 4.69) is 27.3 Å². The van der Waals surface area contributed by atoms with Crippen LogP contribution < -0.4 is 5.32 Å². The normalized spacial score (nSPS) is 28.6. The molecule has 2 aliphatic heterocycles. The van der Waals surface area contributed by atoms with Gasteiger partial charge in [-0.3, -0.25) is 14.7 Å². The summed E-state index contributed by atoms with van der Waals surface area (Å²) >= 11 is 0. The number of nitrogens with zero attached hydrogens (tertiary/aromatic N) is 2. The molecule has 3 atom stereocenters. The van der Waals surface area contributed by atoms with E-state index >= 15 is 0 Å². The van der Waals surface area contributed by atoms with E-state index < -0.39 is 0 Å². The summed E-state index contributed by atoms with van der Waals surface area (Å²) in [6, 6.07) is 4.30. The van der Waals surface area contributed by atoms with Crippen LogP contribution in [0.3, 0.4) is 0 Å². The van der Waals surface area contributed by atoms with Crippen molar-refractivity contribution < 1.29 is 9.53 Å². The molecule has 3 heterocycles. The lowest BCUT2D eigenvalue weighted by molar-refractivity contribution is -0.134. The van der Waals surface area contributed by atoms with Crippen molar-refractivity contribution in [1.29, 1.82) is 0 Å². The number of ether oxygens (including phenoxy) is 1. The highest BCUT2D eigenvalue weighted by Gasteiger charge is 2.43. The van der Waals surface area contributed by atoms with Gasteiger partial charge >= 0.3 is 0 Å². The number of hydrogen-bond acceptors (Lipinski definition) is 4. The van der Waals surface area contributed by atoms with Gasteiger partial charge in [0.25, 0.3) is 0 Å². The molecule has 5 heteroatoms. The van der Waals surface area contributed by atoms with Crippen molar-refractivity contribution in [2.24, 2.45) is 17.8 Å². The third-order valence-electron chi connectivity index (χ3n) is 4.64. The van der Waals surface area contributed by atoms with Gasteiger partial charge < -0.3 is 10.1 Å². The van der Waals surface area contributed by atoms with Gasteiger partial charge in [0.1, 0.15) is 0 Å². The Balaban J connectivity index is 1.63. The van der Waals surface area contributed by atoms with Gasteiger partial charge in [0.05, 0.1) is 19.1 Å². The van der Waals surface area contributed by atoms with Crippen molar-refractivity contribution in [2.75, 3.05) is 26.3 Å². The molecule has 2 aliphatic rings. The number of aromatic nitrogens is 1. The second-order valence-electron chi connectivity index (χ2n) is 6.78. The van der Waals surface area contributed by atoms with Gasteiger partial charge in [0.15, 0.2) is 0 Å². The molecule has 0 aliphatic carbocycles. The zero-order valence-corrected chi connectivity index (χ0v) is 13.4. The summed E-state index contributed by atoms with van der Waals surface area (Å²) < 4.78 is 5.70. The summed E-state index contributed by atoms with van der Waals surface area (Å²) in [5.74, 6) is 1.02. The number of carbonyl (C=O) groups is 1. The quantitative estimate of drug-likeness (QED) is 0.911. The molecule has 0 radical (unpaired) electrons. The summed E-state index contributed by atoms with van der Waals surface area (Å²) in [7, 11) is 0. The molecule has 5 nitrogen and oxygen atoms in total. The molecule has 2 fully saturated rings. The van der Waals surface area contributed by atoms with E-state index in [0.717, 1.165) is 26.2 Å². The molecule has 22 heavy (non-hydrogen) atoms. The van der Waals surface area contributed by atoms with E-state index in [1.807, 2.05) is 26.2 Å². The van der Waals surface area contributed by atoms with E-state index in [4.69, 9.17) is 4.74 Å². The Bertz CT molecular complexity index is 506. The highest BCUT2D eigenvalue weighted by atomic mass is 16.5. The van der Waals surface area contributed by atoms with Crippen molar-refractivity contribution in [3.63, 3.8) is 0 Å². The fourth-order valence-corrected chi connectivity index (χ4v) is 3.63. The smallest absolute Gasteiger partial charge is 0.225 e. The summed E-state index contributed by atoms with van der Waals surface area (Å²) in [5, 5.41) is 3.04. The predicted molar refractivity (Wildman–Crippen MR) is 84.1 cm³/mol. The van der Waals surface area contributed by atoms with E-state index in [1.54, 1.807) is 0 Å². The minimum Gasteiger partial charge on any atom is -0.380 e. The third kappa shape index (κ3) is 3.47. The van der Waals surface area contributed by atoms with Crippen molar-refractivity contribution in [1.82, 2.24) is 15.2 Å². The van der Waals surface area contributed by atoms with Crippen LogP contribution in [0.2, 0.25) is 0 Å². The van der Waals surface area contributed by atoms with Crippen LogP contribution >= 0.6 is 0 Å². The first-order chi connectivity index (χ1) is 10.6. The maximum absolute atomic E-state index is 12.4. The largest absolute Gasteiger partial charge is 0.380 e. The predicted octanol–water partition coefficient (Wildman–Crippen LogP) is 1.30. The molecule has 0 bridgehead atoms. The number of nitrogens with one attached hydrogen (secondary N) is 1. The Morgan fingerprint density at radius 3 is 2.86 bits per heavy atom. The lowest BCUT2D eigenvalue weighted by atomic mass is 9.82. The SMILES string of the molecule is CC(C)NC(=O)[C@@H]1COC[C@@H]2CN(Cc3ccncc3)C[C@@H]21. The fourth-order valence-electron chi connectivity index (χ4n) is 3.63. The number of fused-ring (bicyclic) bond motifs is 1. The van der Waals surface area contributed by atoms with Gasteiger partial charge in [0.2, 0.25) is 5.91 Å². The lowest BCUT2D eigenvalue weighted by Crippen LogP contribution is -2.46. The van der Waals surface area contributed by atoms with Crippen molar-refractivity contribution in [3.8, 4) is 0 Å². The first-order valence-corrected chi connectivity index (χ1v) is 8.13.